The number of hydrogen-bond donors (Lipinski definition) is 1. The Morgan fingerprint density at radius 1 is 1.33 bits per heavy atom. The maximum Gasteiger partial charge on any atom is 0.0728 e. The van der Waals surface area contributed by atoms with Gasteiger partial charge in [0.15, 0.2) is 0 Å². The summed E-state index contributed by atoms with van der Waals surface area (Å²) in [5.41, 5.74) is 2.39. The Morgan fingerprint density at radius 2 is 2.11 bits per heavy atom. The monoisotopic (exact) mass is 244 g/mol. The predicted octanol–water partition coefficient (Wildman–Crippen LogP) is 2.73. The van der Waals surface area contributed by atoms with E-state index < -0.39 is 0 Å². The summed E-state index contributed by atoms with van der Waals surface area (Å²) in [6.07, 6.45) is 9.71. The summed E-state index contributed by atoms with van der Waals surface area (Å²) < 4.78 is 1.97. The minimum Gasteiger partial charge on any atom is -0.380 e. The van der Waals surface area contributed by atoms with Gasteiger partial charge in [0.1, 0.15) is 0 Å². The van der Waals surface area contributed by atoms with Crippen molar-refractivity contribution in [3.05, 3.63) is 42.5 Å². The number of aromatic nitrogens is 3. The summed E-state index contributed by atoms with van der Waals surface area (Å²) in [7, 11) is 0. The second kappa shape index (κ2) is 6.19. The molecule has 0 saturated carbocycles. The maximum absolute atomic E-state index is 4.31. The fourth-order valence-corrected chi connectivity index (χ4v) is 2.00. The second-order valence-corrected chi connectivity index (χ2v) is 4.60. The van der Waals surface area contributed by atoms with E-state index in [1.165, 1.54) is 5.56 Å². The third kappa shape index (κ3) is 3.58. The molecule has 0 aromatic carbocycles. The van der Waals surface area contributed by atoms with Crippen LogP contribution in [0.4, 0.5) is 5.69 Å². The highest BCUT2D eigenvalue weighted by Gasteiger charge is 2.05. The molecule has 0 aliphatic heterocycles. The Kier molecular flexibility index (Phi) is 4.34. The van der Waals surface area contributed by atoms with Crippen LogP contribution < -0.4 is 5.32 Å². The van der Waals surface area contributed by atoms with Crippen LogP contribution in [0.1, 0.15) is 25.8 Å². The van der Waals surface area contributed by atoms with Crippen molar-refractivity contribution in [3.8, 4) is 0 Å². The van der Waals surface area contributed by atoms with Crippen molar-refractivity contribution in [1.82, 2.24) is 14.8 Å². The first-order chi connectivity index (χ1) is 8.78. The summed E-state index contributed by atoms with van der Waals surface area (Å²) >= 11 is 0. The molecular formula is C14H20N4. The predicted molar refractivity (Wildman–Crippen MR) is 73.5 cm³/mol. The lowest BCUT2D eigenvalue weighted by atomic mass is 10.1. The highest BCUT2D eigenvalue weighted by atomic mass is 15.3. The topological polar surface area (TPSA) is 42.7 Å². The molecule has 0 amide bonds. The van der Waals surface area contributed by atoms with Gasteiger partial charge in [-0.2, -0.15) is 5.10 Å². The molecular weight excluding hydrogens is 224 g/mol. The summed E-state index contributed by atoms with van der Waals surface area (Å²) in [6.45, 7) is 5.30. The molecule has 0 aliphatic rings. The van der Waals surface area contributed by atoms with Crippen LogP contribution in [0.25, 0.3) is 0 Å². The molecule has 0 fully saturated rings. The van der Waals surface area contributed by atoms with Gasteiger partial charge in [0, 0.05) is 31.2 Å². The highest BCUT2D eigenvalue weighted by molar-refractivity contribution is 5.39. The minimum atomic E-state index is 0.381. The number of nitrogens with zero attached hydrogens (tertiary/aromatic N) is 3. The molecule has 0 bridgehead atoms. The zero-order chi connectivity index (χ0) is 12.8. The van der Waals surface area contributed by atoms with Crippen LogP contribution >= 0.6 is 0 Å². The van der Waals surface area contributed by atoms with E-state index in [0.29, 0.717) is 6.04 Å². The number of nitrogens with one attached hydrogen (secondary N) is 1. The molecule has 2 rings (SSSR count). The molecule has 1 atom stereocenters. The van der Waals surface area contributed by atoms with Crippen LogP contribution in [0.2, 0.25) is 0 Å². The van der Waals surface area contributed by atoms with Gasteiger partial charge >= 0.3 is 0 Å². The number of anilines is 1. The van der Waals surface area contributed by atoms with Gasteiger partial charge in [-0.1, -0.05) is 6.92 Å². The average molecular weight is 244 g/mol. The van der Waals surface area contributed by atoms with E-state index in [1.807, 2.05) is 23.3 Å². The largest absolute Gasteiger partial charge is 0.380 e. The second-order valence-electron chi connectivity index (χ2n) is 4.60. The van der Waals surface area contributed by atoms with Crippen LogP contribution in [0.15, 0.2) is 36.9 Å². The van der Waals surface area contributed by atoms with Crippen molar-refractivity contribution >= 4 is 5.69 Å². The third-order valence-electron chi connectivity index (χ3n) is 2.79. The van der Waals surface area contributed by atoms with E-state index in [2.05, 4.69) is 47.6 Å². The molecule has 4 heteroatoms. The first-order valence-electron chi connectivity index (χ1n) is 6.46. The molecule has 1 N–H and O–H groups in total. The van der Waals surface area contributed by atoms with E-state index in [1.54, 1.807) is 0 Å². The van der Waals surface area contributed by atoms with Crippen molar-refractivity contribution in [1.29, 1.82) is 0 Å². The quantitative estimate of drug-likeness (QED) is 0.849. The van der Waals surface area contributed by atoms with E-state index in [-0.39, 0.29) is 0 Å². The minimum absolute atomic E-state index is 0.381. The molecule has 0 radical (unpaired) electrons. The molecule has 1 unspecified atom stereocenters. The van der Waals surface area contributed by atoms with Gasteiger partial charge in [-0.15, -0.1) is 0 Å². The SMILES string of the molecule is CCCn1cc(NC(C)Cc2ccncc2)cn1. The first kappa shape index (κ1) is 12.6. The number of aryl methyl sites for hydroxylation is 1. The summed E-state index contributed by atoms with van der Waals surface area (Å²) in [6, 6.07) is 4.49. The molecule has 2 heterocycles. The molecule has 2 aromatic heterocycles. The Labute approximate surface area is 108 Å². The Balaban J connectivity index is 1.88. The molecule has 0 spiro atoms. The van der Waals surface area contributed by atoms with Crippen LogP contribution in [0, 0.1) is 0 Å². The van der Waals surface area contributed by atoms with Gasteiger partial charge < -0.3 is 5.32 Å². The fraction of sp³-hybridized carbons (Fsp3) is 0.429. The molecule has 0 saturated heterocycles. The molecule has 4 nitrogen and oxygen atoms in total. The van der Waals surface area contributed by atoms with Gasteiger partial charge in [-0.3, -0.25) is 9.67 Å². The van der Waals surface area contributed by atoms with Crippen LogP contribution in [0.3, 0.4) is 0 Å². The highest BCUT2D eigenvalue weighted by Crippen LogP contribution is 2.10. The lowest BCUT2D eigenvalue weighted by Gasteiger charge is -2.13. The van der Waals surface area contributed by atoms with E-state index in [0.717, 1.165) is 25.1 Å². The van der Waals surface area contributed by atoms with Crippen LogP contribution in [-0.4, -0.2) is 20.8 Å². The first-order valence-corrected chi connectivity index (χ1v) is 6.46. The van der Waals surface area contributed by atoms with Gasteiger partial charge in [-0.25, -0.2) is 0 Å². The summed E-state index contributed by atoms with van der Waals surface area (Å²) in [4.78, 5) is 4.03. The fourth-order valence-electron chi connectivity index (χ4n) is 2.00. The normalized spacial score (nSPS) is 12.3. The summed E-state index contributed by atoms with van der Waals surface area (Å²) in [5.74, 6) is 0. The van der Waals surface area contributed by atoms with E-state index in [4.69, 9.17) is 0 Å². The molecule has 96 valence electrons. The van der Waals surface area contributed by atoms with Crippen molar-refractivity contribution in [2.75, 3.05) is 5.32 Å². The molecule has 0 aliphatic carbocycles. The zero-order valence-electron chi connectivity index (χ0n) is 11.0. The van der Waals surface area contributed by atoms with Gasteiger partial charge in [0.05, 0.1) is 11.9 Å². The number of hydrogen-bond acceptors (Lipinski definition) is 3. The lowest BCUT2D eigenvalue weighted by molar-refractivity contribution is 0.603. The van der Waals surface area contributed by atoms with Crippen molar-refractivity contribution in [3.63, 3.8) is 0 Å². The molecule has 18 heavy (non-hydrogen) atoms. The smallest absolute Gasteiger partial charge is 0.0728 e. The van der Waals surface area contributed by atoms with Gasteiger partial charge in [0.25, 0.3) is 0 Å². The van der Waals surface area contributed by atoms with Gasteiger partial charge in [-0.05, 0) is 37.5 Å². The lowest BCUT2D eigenvalue weighted by Crippen LogP contribution is -2.17. The van der Waals surface area contributed by atoms with Crippen molar-refractivity contribution in [2.24, 2.45) is 0 Å². The van der Waals surface area contributed by atoms with Crippen molar-refractivity contribution in [2.45, 2.75) is 39.3 Å². The van der Waals surface area contributed by atoms with E-state index >= 15 is 0 Å². The molecule has 2 aromatic rings. The van der Waals surface area contributed by atoms with E-state index in [9.17, 15) is 0 Å². The number of pyridine rings is 1. The summed E-state index contributed by atoms with van der Waals surface area (Å²) in [5, 5.41) is 7.78. The Morgan fingerprint density at radius 3 is 2.83 bits per heavy atom. The van der Waals surface area contributed by atoms with Crippen LogP contribution in [0.5, 0.6) is 0 Å². The third-order valence-corrected chi connectivity index (χ3v) is 2.79. The zero-order valence-corrected chi connectivity index (χ0v) is 11.0. The maximum atomic E-state index is 4.31. The Hall–Kier alpha value is -1.84. The standard InChI is InChI=1S/C14H20N4/c1-3-8-18-11-14(10-16-18)17-12(2)9-13-4-6-15-7-5-13/h4-7,10-12,17H,3,8-9H2,1-2H3. The number of rotatable bonds is 6. The van der Waals surface area contributed by atoms with Gasteiger partial charge in [0.2, 0.25) is 0 Å². The van der Waals surface area contributed by atoms with Crippen LogP contribution in [-0.2, 0) is 13.0 Å². The Bertz CT molecular complexity index is 464. The average Bonchev–Trinajstić information content (AvgIpc) is 2.78. The van der Waals surface area contributed by atoms with Crippen molar-refractivity contribution < 1.29 is 0 Å².